The Bertz CT molecular complexity index is 422. The van der Waals surface area contributed by atoms with E-state index in [0.717, 1.165) is 13.0 Å². The first-order chi connectivity index (χ1) is 9.72. The van der Waals surface area contributed by atoms with Crippen molar-refractivity contribution in [3.05, 3.63) is 29.6 Å². The molecule has 3 heteroatoms. The highest BCUT2D eigenvalue weighted by atomic mass is 15.2. The second-order valence-corrected chi connectivity index (χ2v) is 6.64. The third-order valence-electron chi connectivity index (χ3n) is 4.95. The molecule has 0 saturated carbocycles. The second kappa shape index (κ2) is 6.23. The van der Waals surface area contributed by atoms with Gasteiger partial charge in [-0.2, -0.15) is 0 Å². The Morgan fingerprint density at radius 1 is 1.25 bits per heavy atom. The number of pyridine rings is 1. The van der Waals surface area contributed by atoms with Crippen molar-refractivity contribution in [1.82, 2.24) is 14.8 Å². The molecular formula is C17H27N3. The molecule has 0 radical (unpaired) electrons. The van der Waals surface area contributed by atoms with Crippen molar-refractivity contribution in [3.8, 4) is 0 Å². The summed E-state index contributed by atoms with van der Waals surface area (Å²) in [6, 6.07) is 5.21. The first kappa shape index (κ1) is 14.0. The van der Waals surface area contributed by atoms with E-state index >= 15 is 0 Å². The molecule has 0 bridgehead atoms. The van der Waals surface area contributed by atoms with E-state index in [0.29, 0.717) is 12.0 Å². The van der Waals surface area contributed by atoms with E-state index < -0.39 is 0 Å². The molecule has 2 aliphatic rings. The van der Waals surface area contributed by atoms with Gasteiger partial charge >= 0.3 is 0 Å². The normalized spacial score (nSPS) is 26.2. The predicted octanol–water partition coefficient (Wildman–Crippen LogP) is 2.53. The van der Waals surface area contributed by atoms with Crippen LogP contribution in [0.1, 0.15) is 43.4 Å². The maximum absolute atomic E-state index is 4.73. The van der Waals surface area contributed by atoms with Crippen molar-refractivity contribution in [2.75, 3.05) is 33.2 Å². The minimum Gasteiger partial charge on any atom is -0.306 e. The lowest BCUT2D eigenvalue weighted by molar-refractivity contribution is 0.257. The summed E-state index contributed by atoms with van der Waals surface area (Å²) in [7, 11) is 2.20. The van der Waals surface area contributed by atoms with E-state index in [9.17, 15) is 0 Å². The van der Waals surface area contributed by atoms with Crippen LogP contribution in [-0.4, -0.2) is 54.1 Å². The second-order valence-electron chi connectivity index (χ2n) is 6.64. The van der Waals surface area contributed by atoms with Crippen molar-refractivity contribution < 1.29 is 0 Å². The molecule has 3 rings (SSSR count). The van der Waals surface area contributed by atoms with Crippen molar-refractivity contribution in [3.63, 3.8) is 0 Å². The van der Waals surface area contributed by atoms with Gasteiger partial charge in [0, 0.05) is 30.4 Å². The molecule has 2 fully saturated rings. The maximum atomic E-state index is 4.73. The average Bonchev–Trinajstić information content (AvgIpc) is 3.10. The summed E-state index contributed by atoms with van der Waals surface area (Å²) in [6.45, 7) is 7.28. The highest BCUT2D eigenvalue weighted by Gasteiger charge is 2.22. The fraction of sp³-hybridized carbons (Fsp3) is 0.706. The molecule has 2 unspecified atom stereocenters. The van der Waals surface area contributed by atoms with Gasteiger partial charge in [-0.1, -0.05) is 6.07 Å². The lowest BCUT2D eigenvalue weighted by atomic mass is 10.0. The molecule has 1 aromatic heterocycles. The molecule has 3 nitrogen and oxygen atoms in total. The minimum atomic E-state index is 0.644. The van der Waals surface area contributed by atoms with Crippen molar-refractivity contribution in [2.24, 2.45) is 0 Å². The van der Waals surface area contributed by atoms with Crippen LogP contribution in [0.25, 0.3) is 0 Å². The van der Waals surface area contributed by atoms with Crippen molar-refractivity contribution in [2.45, 2.75) is 44.6 Å². The molecule has 2 aliphatic heterocycles. The van der Waals surface area contributed by atoms with Gasteiger partial charge in [-0.3, -0.25) is 4.98 Å². The van der Waals surface area contributed by atoms with Gasteiger partial charge in [0.25, 0.3) is 0 Å². The van der Waals surface area contributed by atoms with Crippen LogP contribution in [0.3, 0.4) is 0 Å². The summed E-state index contributed by atoms with van der Waals surface area (Å²) >= 11 is 0. The van der Waals surface area contributed by atoms with E-state index in [2.05, 4.69) is 42.1 Å². The smallest absolute Gasteiger partial charge is 0.0447 e. The molecule has 0 aliphatic carbocycles. The molecule has 3 heterocycles. The van der Waals surface area contributed by atoms with E-state index in [1.807, 2.05) is 0 Å². The summed E-state index contributed by atoms with van der Waals surface area (Å²) < 4.78 is 0. The van der Waals surface area contributed by atoms with Crippen LogP contribution in [0.15, 0.2) is 18.3 Å². The van der Waals surface area contributed by atoms with Gasteiger partial charge in [-0.25, -0.2) is 0 Å². The van der Waals surface area contributed by atoms with Gasteiger partial charge in [0.05, 0.1) is 0 Å². The number of hydrogen-bond acceptors (Lipinski definition) is 3. The van der Waals surface area contributed by atoms with Gasteiger partial charge in [-0.05, 0) is 70.9 Å². The maximum Gasteiger partial charge on any atom is 0.0447 e. The van der Waals surface area contributed by atoms with E-state index in [1.54, 1.807) is 0 Å². The summed E-state index contributed by atoms with van der Waals surface area (Å²) in [5, 5.41) is 0. The zero-order chi connectivity index (χ0) is 13.9. The molecule has 2 atom stereocenters. The first-order valence-electron chi connectivity index (χ1n) is 8.10. The molecule has 20 heavy (non-hydrogen) atoms. The fourth-order valence-electron chi connectivity index (χ4n) is 3.63. The zero-order valence-corrected chi connectivity index (χ0v) is 12.9. The monoisotopic (exact) mass is 273 g/mol. The Balaban J connectivity index is 1.58. The van der Waals surface area contributed by atoms with Gasteiger partial charge in [0.15, 0.2) is 0 Å². The van der Waals surface area contributed by atoms with E-state index in [1.165, 1.54) is 50.2 Å². The average molecular weight is 273 g/mol. The molecule has 2 saturated heterocycles. The molecule has 1 aromatic rings. The molecule has 110 valence electrons. The number of nitrogens with zero attached hydrogens (tertiary/aromatic N) is 3. The molecule has 0 amide bonds. The lowest BCUT2D eigenvalue weighted by Gasteiger charge is -2.23. The van der Waals surface area contributed by atoms with Crippen LogP contribution in [-0.2, 0) is 6.42 Å². The standard InChI is InChI=1S/C17H27N3/c1-14(20-8-3-4-9-20)11-15-5-6-17(18-12-15)16-7-10-19(2)13-16/h5-6,12,14,16H,3-4,7-11,13H2,1-2H3. The molecule has 0 N–H and O–H groups in total. The van der Waals surface area contributed by atoms with Crippen LogP contribution in [0.4, 0.5) is 0 Å². The first-order valence-corrected chi connectivity index (χ1v) is 8.10. The van der Waals surface area contributed by atoms with Crippen molar-refractivity contribution >= 4 is 0 Å². The van der Waals surface area contributed by atoms with Gasteiger partial charge < -0.3 is 9.80 Å². The van der Waals surface area contributed by atoms with Crippen LogP contribution < -0.4 is 0 Å². The third kappa shape index (κ3) is 3.21. The van der Waals surface area contributed by atoms with Crippen LogP contribution in [0.5, 0.6) is 0 Å². The van der Waals surface area contributed by atoms with Crippen LogP contribution in [0.2, 0.25) is 0 Å². The summed E-state index contributed by atoms with van der Waals surface area (Å²) in [5.74, 6) is 0.644. The Morgan fingerprint density at radius 3 is 2.65 bits per heavy atom. The van der Waals surface area contributed by atoms with Gasteiger partial charge in [0.2, 0.25) is 0 Å². The number of likely N-dealkylation sites (tertiary alicyclic amines) is 2. The quantitative estimate of drug-likeness (QED) is 0.840. The fourth-order valence-corrected chi connectivity index (χ4v) is 3.63. The topological polar surface area (TPSA) is 19.4 Å². The highest BCUT2D eigenvalue weighted by molar-refractivity contribution is 5.19. The number of aromatic nitrogens is 1. The Morgan fingerprint density at radius 2 is 2.05 bits per heavy atom. The zero-order valence-electron chi connectivity index (χ0n) is 12.9. The molecular weight excluding hydrogens is 246 g/mol. The molecule has 0 spiro atoms. The number of rotatable bonds is 4. The summed E-state index contributed by atoms with van der Waals surface area (Å²) in [6.07, 6.45) is 7.25. The molecule has 0 aromatic carbocycles. The van der Waals surface area contributed by atoms with Crippen LogP contribution >= 0.6 is 0 Å². The Hall–Kier alpha value is -0.930. The predicted molar refractivity (Wildman–Crippen MR) is 83.1 cm³/mol. The number of likely N-dealkylation sites (N-methyl/N-ethyl adjacent to an activating group) is 1. The number of hydrogen-bond donors (Lipinski definition) is 0. The van der Waals surface area contributed by atoms with E-state index in [-0.39, 0.29) is 0 Å². The summed E-state index contributed by atoms with van der Waals surface area (Å²) in [5.41, 5.74) is 2.67. The Labute approximate surface area is 123 Å². The van der Waals surface area contributed by atoms with E-state index in [4.69, 9.17) is 4.98 Å². The third-order valence-corrected chi connectivity index (χ3v) is 4.95. The minimum absolute atomic E-state index is 0.644. The van der Waals surface area contributed by atoms with Gasteiger partial charge in [0.1, 0.15) is 0 Å². The lowest BCUT2D eigenvalue weighted by Crippen LogP contribution is -2.31. The van der Waals surface area contributed by atoms with Crippen molar-refractivity contribution in [1.29, 1.82) is 0 Å². The highest BCUT2D eigenvalue weighted by Crippen LogP contribution is 2.25. The summed E-state index contributed by atoms with van der Waals surface area (Å²) in [4.78, 5) is 9.74. The SMILES string of the molecule is CC(Cc1ccc(C2CCN(C)C2)nc1)N1CCCC1. The van der Waals surface area contributed by atoms with Gasteiger partial charge in [-0.15, -0.1) is 0 Å². The Kier molecular flexibility index (Phi) is 4.37. The van der Waals surface area contributed by atoms with Crippen LogP contribution in [0, 0.1) is 0 Å². The largest absolute Gasteiger partial charge is 0.306 e.